The molecule has 5 atom stereocenters. The van der Waals surface area contributed by atoms with Gasteiger partial charge in [-0.25, -0.2) is 4.79 Å². The Labute approximate surface area is 147 Å². The minimum Gasteiger partial charge on any atom is -0.458 e. The minimum atomic E-state index is -1.80. The van der Waals surface area contributed by atoms with E-state index in [0.29, 0.717) is 6.42 Å². The summed E-state index contributed by atoms with van der Waals surface area (Å²) in [5.74, 6) is -1.46. The number of carbonyl (C=O) groups excluding carboxylic acids is 2. The molecule has 2 saturated heterocycles. The van der Waals surface area contributed by atoms with E-state index in [9.17, 15) is 14.7 Å². The van der Waals surface area contributed by atoms with Gasteiger partial charge in [0.25, 0.3) is 0 Å². The summed E-state index contributed by atoms with van der Waals surface area (Å²) < 4.78 is 16.8. The van der Waals surface area contributed by atoms with Crippen molar-refractivity contribution in [2.75, 3.05) is 0 Å². The molecule has 0 bridgehead atoms. The zero-order chi connectivity index (χ0) is 18.6. The highest BCUT2D eigenvalue weighted by atomic mass is 16.7. The van der Waals surface area contributed by atoms with Gasteiger partial charge in [0.2, 0.25) is 0 Å². The maximum atomic E-state index is 12.2. The van der Waals surface area contributed by atoms with Crippen molar-refractivity contribution in [3.05, 3.63) is 23.8 Å². The van der Waals surface area contributed by atoms with Gasteiger partial charge in [-0.15, -0.1) is 0 Å². The molecule has 2 heterocycles. The zero-order valence-electron chi connectivity index (χ0n) is 15.2. The van der Waals surface area contributed by atoms with Gasteiger partial charge in [0.15, 0.2) is 11.7 Å². The van der Waals surface area contributed by atoms with E-state index in [0.717, 1.165) is 18.4 Å². The first kappa shape index (κ1) is 18.1. The highest BCUT2D eigenvalue weighted by molar-refractivity contribution is 5.93. The molecule has 0 saturated carbocycles. The number of esters is 2. The van der Waals surface area contributed by atoms with Gasteiger partial charge in [-0.3, -0.25) is 4.79 Å². The maximum absolute atomic E-state index is 12.2. The van der Waals surface area contributed by atoms with E-state index >= 15 is 0 Å². The summed E-state index contributed by atoms with van der Waals surface area (Å²) in [4.78, 5) is 24.4. The molecule has 0 amide bonds. The number of aliphatic hydroxyl groups is 1. The lowest BCUT2D eigenvalue weighted by Gasteiger charge is -2.36. The standard InChI is InChI=1S/C19H26O6/c1-10(2)16(20)23-13-9-11(3)7-6-8-18(5)14(25-18)15-19(13,22)12(4)17(21)24-15/h7,10,13-15,22H,4,6,8-9H2,1-3,5H3/b11-7+/t13-,14+,15-,18-,19-/m0/s1. The van der Waals surface area contributed by atoms with Gasteiger partial charge in [0.1, 0.15) is 12.2 Å². The summed E-state index contributed by atoms with van der Waals surface area (Å²) in [7, 11) is 0. The Balaban J connectivity index is 2.02. The molecule has 138 valence electrons. The van der Waals surface area contributed by atoms with Crippen LogP contribution in [0.5, 0.6) is 0 Å². The van der Waals surface area contributed by atoms with Crippen LogP contribution in [-0.4, -0.2) is 46.6 Å². The Morgan fingerprint density at radius 2 is 2.12 bits per heavy atom. The molecule has 1 aliphatic carbocycles. The molecule has 25 heavy (non-hydrogen) atoms. The van der Waals surface area contributed by atoms with Gasteiger partial charge in [-0.2, -0.15) is 0 Å². The second kappa shape index (κ2) is 5.95. The molecule has 1 N–H and O–H groups in total. The van der Waals surface area contributed by atoms with E-state index in [1.165, 1.54) is 0 Å². The minimum absolute atomic E-state index is 0.0784. The molecule has 0 radical (unpaired) electrons. The van der Waals surface area contributed by atoms with Crippen LogP contribution in [-0.2, 0) is 23.8 Å². The van der Waals surface area contributed by atoms with Gasteiger partial charge in [-0.1, -0.05) is 32.1 Å². The second-order valence-electron chi connectivity index (χ2n) is 7.85. The number of fused-ring (bicyclic) bond motifs is 3. The topological polar surface area (TPSA) is 85.4 Å². The quantitative estimate of drug-likeness (QED) is 0.355. The number of rotatable bonds is 2. The molecule has 3 aliphatic rings. The van der Waals surface area contributed by atoms with Crippen LogP contribution in [0.1, 0.15) is 47.0 Å². The smallest absolute Gasteiger partial charge is 0.337 e. The van der Waals surface area contributed by atoms with Crippen LogP contribution in [0.2, 0.25) is 0 Å². The molecule has 0 unspecified atom stereocenters. The molecule has 3 rings (SSSR count). The number of carbonyl (C=O) groups is 2. The van der Waals surface area contributed by atoms with E-state index in [4.69, 9.17) is 14.2 Å². The van der Waals surface area contributed by atoms with Crippen LogP contribution in [0.4, 0.5) is 0 Å². The Kier molecular flexibility index (Phi) is 4.32. The van der Waals surface area contributed by atoms with Gasteiger partial charge in [0.05, 0.1) is 17.1 Å². The van der Waals surface area contributed by atoms with Gasteiger partial charge < -0.3 is 19.3 Å². The molecule has 2 aliphatic heterocycles. The predicted octanol–water partition coefficient (Wildman–Crippen LogP) is 2.05. The van der Waals surface area contributed by atoms with Crippen LogP contribution in [0.3, 0.4) is 0 Å². The molecule has 2 fully saturated rings. The van der Waals surface area contributed by atoms with Crippen molar-refractivity contribution >= 4 is 11.9 Å². The molecule has 6 nitrogen and oxygen atoms in total. The van der Waals surface area contributed by atoms with Crippen molar-refractivity contribution in [2.24, 2.45) is 5.92 Å². The van der Waals surface area contributed by atoms with Crippen molar-refractivity contribution in [2.45, 2.75) is 76.5 Å². The second-order valence-corrected chi connectivity index (χ2v) is 7.85. The van der Waals surface area contributed by atoms with E-state index in [1.807, 2.05) is 13.8 Å². The lowest BCUT2D eigenvalue weighted by molar-refractivity contribution is -0.173. The Morgan fingerprint density at radius 3 is 2.76 bits per heavy atom. The average Bonchev–Trinajstić information content (AvgIpc) is 3.13. The monoisotopic (exact) mass is 350 g/mol. The summed E-state index contributed by atoms with van der Waals surface area (Å²) in [5.41, 5.74) is -1.37. The van der Waals surface area contributed by atoms with Crippen LogP contribution in [0.25, 0.3) is 0 Å². The average molecular weight is 350 g/mol. The zero-order valence-corrected chi connectivity index (χ0v) is 15.2. The number of epoxide rings is 1. The Morgan fingerprint density at radius 1 is 1.44 bits per heavy atom. The summed E-state index contributed by atoms with van der Waals surface area (Å²) in [6.45, 7) is 11.0. The third kappa shape index (κ3) is 2.91. The number of hydrogen-bond acceptors (Lipinski definition) is 6. The van der Waals surface area contributed by atoms with Gasteiger partial charge in [0, 0.05) is 6.42 Å². The molecule has 0 spiro atoms. The summed E-state index contributed by atoms with van der Waals surface area (Å²) in [5, 5.41) is 11.5. The number of hydrogen-bond donors (Lipinski definition) is 1. The molecular weight excluding hydrogens is 324 g/mol. The first-order valence-electron chi connectivity index (χ1n) is 8.76. The summed E-state index contributed by atoms with van der Waals surface area (Å²) in [6.07, 6.45) is 1.64. The molecule has 0 aromatic rings. The molecule has 0 aromatic heterocycles. The fourth-order valence-corrected chi connectivity index (χ4v) is 3.67. The van der Waals surface area contributed by atoms with Crippen molar-refractivity contribution in [1.82, 2.24) is 0 Å². The first-order chi connectivity index (χ1) is 11.6. The van der Waals surface area contributed by atoms with Crippen LogP contribution in [0, 0.1) is 5.92 Å². The van der Waals surface area contributed by atoms with Crippen LogP contribution < -0.4 is 0 Å². The van der Waals surface area contributed by atoms with E-state index < -0.39 is 41.5 Å². The van der Waals surface area contributed by atoms with E-state index in [1.54, 1.807) is 13.8 Å². The lowest BCUT2D eigenvalue weighted by atomic mass is 9.78. The normalized spacial score (nSPS) is 42.8. The van der Waals surface area contributed by atoms with E-state index in [-0.39, 0.29) is 11.5 Å². The van der Waals surface area contributed by atoms with E-state index in [2.05, 4.69) is 12.7 Å². The van der Waals surface area contributed by atoms with Crippen molar-refractivity contribution in [3.8, 4) is 0 Å². The third-order valence-electron chi connectivity index (χ3n) is 5.47. The van der Waals surface area contributed by atoms with Crippen LogP contribution >= 0.6 is 0 Å². The Bertz CT molecular complexity index is 650. The molecule has 0 aromatic carbocycles. The molecular formula is C19H26O6. The summed E-state index contributed by atoms with van der Waals surface area (Å²) in [6, 6.07) is 0. The van der Waals surface area contributed by atoms with Crippen molar-refractivity contribution in [3.63, 3.8) is 0 Å². The number of allylic oxidation sites excluding steroid dienone is 1. The lowest BCUT2D eigenvalue weighted by Crippen LogP contribution is -2.55. The van der Waals surface area contributed by atoms with Gasteiger partial charge in [-0.05, 0) is 26.7 Å². The largest absolute Gasteiger partial charge is 0.458 e. The van der Waals surface area contributed by atoms with Crippen molar-refractivity contribution in [1.29, 1.82) is 0 Å². The fourth-order valence-electron chi connectivity index (χ4n) is 3.67. The highest BCUT2D eigenvalue weighted by Gasteiger charge is 2.69. The number of ether oxygens (including phenoxy) is 3. The summed E-state index contributed by atoms with van der Waals surface area (Å²) >= 11 is 0. The maximum Gasteiger partial charge on any atom is 0.337 e. The Hall–Kier alpha value is -1.66. The fraction of sp³-hybridized carbons (Fsp3) is 0.684. The SMILES string of the molecule is C=C1C(=O)O[C@H]2[C@H]3O[C@@]3(C)CC/C=C(\C)C[C@H](OC(=O)C(C)C)[C@@]12O. The van der Waals surface area contributed by atoms with Gasteiger partial charge >= 0.3 is 11.9 Å². The first-order valence-corrected chi connectivity index (χ1v) is 8.76. The predicted molar refractivity (Wildman–Crippen MR) is 89.6 cm³/mol. The van der Waals surface area contributed by atoms with Crippen molar-refractivity contribution < 1.29 is 28.9 Å². The van der Waals surface area contributed by atoms with Crippen LogP contribution in [0.15, 0.2) is 23.8 Å². The highest BCUT2D eigenvalue weighted by Crippen LogP contribution is 2.52. The molecule has 6 heteroatoms. The third-order valence-corrected chi connectivity index (χ3v) is 5.47.